The van der Waals surface area contributed by atoms with Crippen LogP contribution in [0.3, 0.4) is 0 Å². The van der Waals surface area contributed by atoms with Crippen LogP contribution in [0.15, 0.2) is 24.3 Å². The third kappa shape index (κ3) is 2.80. The zero-order valence-electron chi connectivity index (χ0n) is 9.32. The number of nitrogens with zero attached hydrogens (tertiary/aromatic N) is 1. The Bertz CT molecular complexity index is 295. The lowest BCUT2D eigenvalue weighted by molar-refractivity contribution is 0.129. The van der Waals surface area contributed by atoms with Crippen LogP contribution in [0.1, 0.15) is 18.1 Å². The minimum Gasteiger partial charge on any atom is -0.392 e. The van der Waals surface area contributed by atoms with Gasteiger partial charge in [-0.25, -0.2) is 0 Å². The minimum absolute atomic E-state index is 0.216. The van der Waals surface area contributed by atoms with E-state index < -0.39 is 0 Å². The fourth-order valence-corrected chi connectivity index (χ4v) is 2.27. The summed E-state index contributed by atoms with van der Waals surface area (Å²) >= 11 is 0. The molecule has 1 aliphatic heterocycles. The van der Waals surface area contributed by atoms with E-state index in [0.29, 0.717) is 0 Å². The second-order valence-corrected chi connectivity index (χ2v) is 4.42. The molecule has 0 radical (unpaired) electrons. The van der Waals surface area contributed by atoms with Crippen molar-refractivity contribution in [1.82, 2.24) is 4.90 Å². The molecule has 2 heteroatoms. The van der Waals surface area contributed by atoms with Crippen LogP contribution >= 0.6 is 0 Å². The van der Waals surface area contributed by atoms with Crippen molar-refractivity contribution in [3.8, 4) is 0 Å². The summed E-state index contributed by atoms with van der Waals surface area (Å²) in [6, 6.07) is 8.68. The van der Waals surface area contributed by atoms with Gasteiger partial charge in [-0.15, -0.1) is 0 Å². The summed E-state index contributed by atoms with van der Waals surface area (Å²) in [5.74, 6) is 0. The zero-order valence-corrected chi connectivity index (χ0v) is 9.32. The highest BCUT2D eigenvalue weighted by Gasteiger charge is 2.14. The minimum atomic E-state index is -0.216. The quantitative estimate of drug-likeness (QED) is 0.790. The van der Waals surface area contributed by atoms with Gasteiger partial charge in [0.1, 0.15) is 0 Å². The molecule has 0 fully saturated rings. The largest absolute Gasteiger partial charge is 0.392 e. The Morgan fingerprint density at radius 1 is 1.20 bits per heavy atom. The molecule has 0 bridgehead atoms. The van der Waals surface area contributed by atoms with Crippen molar-refractivity contribution in [1.29, 1.82) is 0 Å². The standard InChI is InChI=1S/C13H19NO/c1-11(15)10-14-8-6-12-4-2-3-5-13(12)7-9-14/h2-5,11,15H,6-10H2,1H3/t11-/m0/s1. The molecular weight excluding hydrogens is 186 g/mol. The van der Waals surface area contributed by atoms with Crippen LogP contribution in [0.25, 0.3) is 0 Å². The van der Waals surface area contributed by atoms with Crippen LogP contribution in [-0.2, 0) is 12.8 Å². The van der Waals surface area contributed by atoms with E-state index >= 15 is 0 Å². The Labute approximate surface area is 91.5 Å². The summed E-state index contributed by atoms with van der Waals surface area (Å²) in [5.41, 5.74) is 2.95. The number of aliphatic hydroxyl groups excluding tert-OH is 1. The molecule has 0 saturated heterocycles. The average molecular weight is 205 g/mol. The number of rotatable bonds is 2. The first-order valence-corrected chi connectivity index (χ1v) is 5.73. The van der Waals surface area contributed by atoms with Crippen molar-refractivity contribution in [3.63, 3.8) is 0 Å². The van der Waals surface area contributed by atoms with Crippen molar-refractivity contribution in [2.75, 3.05) is 19.6 Å². The van der Waals surface area contributed by atoms with E-state index in [0.717, 1.165) is 32.5 Å². The van der Waals surface area contributed by atoms with E-state index in [9.17, 15) is 5.11 Å². The fourth-order valence-electron chi connectivity index (χ4n) is 2.27. The van der Waals surface area contributed by atoms with Crippen molar-refractivity contribution in [3.05, 3.63) is 35.4 Å². The Morgan fingerprint density at radius 2 is 1.73 bits per heavy atom. The Kier molecular flexibility index (Phi) is 3.39. The molecule has 0 aliphatic carbocycles. The molecule has 0 amide bonds. The number of hydrogen-bond acceptors (Lipinski definition) is 2. The van der Waals surface area contributed by atoms with Crippen molar-refractivity contribution < 1.29 is 5.11 Å². The Balaban J connectivity index is 2.02. The summed E-state index contributed by atoms with van der Waals surface area (Å²) < 4.78 is 0. The summed E-state index contributed by atoms with van der Waals surface area (Å²) in [6.45, 7) is 4.80. The van der Waals surface area contributed by atoms with Gasteiger partial charge in [-0.3, -0.25) is 0 Å². The lowest BCUT2D eigenvalue weighted by atomic mass is 10.0. The normalized spacial score (nSPS) is 19.3. The van der Waals surface area contributed by atoms with E-state index in [1.165, 1.54) is 11.1 Å². The molecule has 15 heavy (non-hydrogen) atoms. The first-order valence-electron chi connectivity index (χ1n) is 5.73. The topological polar surface area (TPSA) is 23.5 Å². The van der Waals surface area contributed by atoms with Gasteiger partial charge in [0, 0.05) is 19.6 Å². The van der Waals surface area contributed by atoms with Crippen molar-refractivity contribution in [2.24, 2.45) is 0 Å². The molecule has 0 saturated carbocycles. The fraction of sp³-hybridized carbons (Fsp3) is 0.538. The Morgan fingerprint density at radius 3 is 2.20 bits per heavy atom. The van der Waals surface area contributed by atoms with Crippen LogP contribution < -0.4 is 0 Å². The molecule has 1 atom stereocenters. The molecular formula is C13H19NO. The predicted molar refractivity (Wildman–Crippen MR) is 62.0 cm³/mol. The summed E-state index contributed by atoms with van der Waals surface area (Å²) in [7, 11) is 0. The van der Waals surface area contributed by atoms with Gasteiger partial charge >= 0.3 is 0 Å². The molecule has 1 heterocycles. The third-order valence-corrected chi connectivity index (χ3v) is 3.04. The van der Waals surface area contributed by atoms with E-state index in [1.54, 1.807) is 0 Å². The lowest BCUT2D eigenvalue weighted by Gasteiger charge is -2.20. The van der Waals surface area contributed by atoms with E-state index in [1.807, 2.05) is 6.92 Å². The van der Waals surface area contributed by atoms with Gasteiger partial charge in [-0.2, -0.15) is 0 Å². The smallest absolute Gasteiger partial charge is 0.0639 e. The first-order chi connectivity index (χ1) is 7.25. The van der Waals surface area contributed by atoms with Crippen LogP contribution in [0, 0.1) is 0 Å². The van der Waals surface area contributed by atoms with Gasteiger partial charge in [-0.05, 0) is 30.9 Å². The van der Waals surface area contributed by atoms with Gasteiger partial charge in [0.05, 0.1) is 6.10 Å². The average Bonchev–Trinajstić information content (AvgIpc) is 2.41. The summed E-state index contributed by atoms with van der Waals surface area (Å²) in [4.78, 5) is 2.35. The third-order valence-electron chi connectivity index (χ3n) is 3.04. The number of benzene rings is 1. The van der Waals surface area contributed by atoms with Gasteiger partial charge in [0.15, 0.2) is 0 Å². The lowest BCUT2D eigenvalue weighted by Crippen LogP contribution is -2.33. The van der Waals surface area contributed by atoms with Crippen LogP contribution in [0.4, 0.5) is 0 Å². The van der Waals surface area contributed by atoms with Crippen molar-refractivity contribution >= 4 is 0 Å². The van der Waals surface area contributed by atoms with Crippen LogP contribution in [-0.4, -0.2) is 35.7 Å². The van der Waals surface area contributed by atoms with Crippen LogP contribution in [0.5, 0.6) is 0 Å². The maximum atomic E-state index is 9.37. The number of hydrogen-bond donors (Lipinski definition) is 1. The maximum Gasteiger partial charge on any atom is 0.0639 e. The van der Waals surface area contributed by atoms with Gasteiger partial charge in [0.25, 0.3) is 0 Å². The summed E-state index contributed by atoms with van der Waals surface area (Å²) in [6.07, 6.45) is 2.01. The molecule has 1 aromatic rings. The zero-order chi connectivity index (χ0) is 10.7. The molecule has 82 valence electrons. The molecule has 2 nitrogen and oxygen atoms in total. The van der Waals surface area contributed by atoms with E-state index in [4.69, 9.17) is 0 Å². The molecule has 1 N–H and O–H groups in total. The highest BCUT2D eigenvalue weighted by Crippen LogP contribution is 2.15. The number of fused-ring (bicyclic) bond motifs is 1. The molecule has 2 rings (SSSR count). The van der Waals surface area contributed by atoms with E-state index in [2.05, 4.69) is 29.2 Å². The highest BCUT2D eigenvalue weighted by molar-refractivity contribution is 5.28. The van der Waals surface area contributed by atoms with E-state index in [-0.39, 0.29) is 6.10 Å². The molecule has 1 aliphatic rings. The predicted octanol–water partition coefficient (Wildman–Crippen LogP) is 1.47. The first kappa shape index (κ1) is 10.7. The molecule has 0 spiro atoms. The van der Waals surface area contributed by atoms with Gasteiger partial charge in [-0.1, -0.05) is 24.3 Å². The van der Waals surface area contributed by atoms with Crippen molar-refractivity contribution in [2.45, 2.75) is 25.9 Å². The monoisotopic (exact) mass is 205 g/mol. The molecule has 0 unspecified atom stereocenters. The van der Waals surface area contributed by atoms with Gasteiger partial charge < -0.3 is 10.0 Å². The summed E-state index contributed by atoms with van der Waals surface area (Å²) in [5, 5.41) is 9.37. The number of β-amino-alcohol motifs (C(OH)–C–C–N with tert-alkyl or cyclic N) is 1. The second-order valence-electron chi connectivity index (χ2n) is 4.42. The SMILES string of the molecule is C[C@H](O)CN1CCc2ccccc2CC1. The second kappa shape index (κ2) is 4.77. The maximum absolute atomic E-state index is 9.37. The highest BCUT2D eigenvalue weighted by atomic mass is 16.3. The van der Waals surface area contributed by atoms with Crippen LogP contribution in [0.2, 0.25) is 0 Å². The van der Waals surface area contributed by atoms with Gasteiger partial charge in [0.2, 0.25) is 0 Å². The molecule has 0 aromatic heterocycles. The molecule has 1 aromatic carbocycles. The number of aliphatic hydroxyl groups is 1. The Hall–Kier alpha value is -0.860.